The highest BCUT2D eigenvalue weighted by Gasteiger charge is 2.35. The van der Waals surface area contributed by atoms with E-state index in [1.807, 2.05) is 0 Å². The predicted octanol–water partition coefficient (Wildman–Crippen LogP) is 1.22. The first kappa shape index (κ1) is 23.3. The number of aliphatic hydroxyl groups is 1. The van der Waals surface area contributed by atoms with E-state index in [1.54, 1.807) is 12.4 Å². The summed E-state index contributed by atoms with van der Waals surface area (Å²) in [6.07, 6.45) is 4.24. The summed E-state index contributed by atoms with van der Waals surface area (Å²) in [5.41, 5.74) is 0.938. The Bertz CT molecular complexity index is 1200. The molecule has 0 saturated carbocycles. The normalized spacial score (nSPS) is 26.0. The molecule has 0 spiro atoms. The van der Waals surface area contributed by atoms with Crippen molar-refractivity contribution < 1.29 is 23.4 Å². The van der Waals surface area contributed by atoms with Gasteiger partial charge in [0.15, 0.2) is 17.5 Å². The van der Waals surface area contributed by atoms with Gasteiger partial charge in [-0.05, 0) is 55.8 Å². The quantitative estimate of drug-likeness (QED) is 0.361. The Labute approximate surface area is 206 Å². The lowest BCUT2D eigenvalue weighted by Gasteiger charge is -2.16. The largest absolute Gasteiger partial charge is 0.444 e. The number of ether oxygens (including phenoxy) is 1. The minimum Gasteiger partial charge on any atom is -0.444 e. The molecule has 0 bridgehead atoms. The van der Waals surface area contributed by atoms with Crippen molar-refractivity contribution in [3.63, 3.8) is 0 Å². The molecule has 1 aromatic carbocycles. The maximum absolute atomic E-state index is 15.3. The average molecular weight is 502 g/mol. The van der Waals surface area contributed by atoms with E-state index in [0.717, 1.165) is 0 Å². The number of aliphatic imine (C=N–C) groups is 1. The van der Waals surface area contributed by atoms with E-state index in [1.165, 1.54) is 4.90 Å². The van der Waals surface area contributed by atoms with Crippen LogP contribution in [0, 0.1) is 17.6 Å². The van der Waals surface area contributed by atoms with Crippen molar-refractivity contribution in [3.8, 4) is 0 Å². The Kier molecular flexibility index (Phi) is 6.10. The molecule has 0 radical (unpaired) electrons. The van der Waals surface area contributed by atoms with E-state index in [9.17, 15) is 9.90 Å². The molecule has 1 aliphatic carbocycles. The lowest BCUT2D eigenvalue weighted by atomic mass is 10.1. The molecule has 192 valence electrons. The van der Waals surface area contributed by atoms with Crippen molar-refractivity contribution in [2.45, 2.75) is 43.9 Å². The number of hydrogen-bond donors (Lipinski definition) is 5. The number of halogens is 2. The lowest BCUT2D eigenvalue weighted by molar-refractivity contribution is 0.130. The molecular weight excluding hydrogens is 472 g/mol. The molecule has 2 fully saturated rings. The van der Waals surface area contributed by atoms with Gasteiger partial charge in [-0.3, -0.25) is 4.90 Å². The van der Waals surface area contributed by atoms with E-state index in [4.69, 9.17) is 4.74 Å². The van der Waals surface area contributed by atoms with Gasteiger partial charge in [0.05, 0.1) is 18.7 Å². The highest BCUT2D eigenvalue weighted by Crippen LogP contribution is 2.36. The standard InChI is InChI=1S/C24H29F2N7O3/c25-19-15-5-12(8-27-2-1-14-11-33(24(35)36-14)18-10-28-3-4-29-18)6-16(15)20(26)22-21(19)31-23(32-22)17-7-13(34)9-30-17/h4,10,12-14,17,27-28,30,34H,1-3,5-9,11H2,(H,31,32)/t13-,14?,17+/m1/s1. The Morgan fingerprint density at radius 2 is 2.08 bits per heavy atom. The number of imidazole rings is 1. The number of carbonyl (C=O) groups is 1. The number of aliphatic hydroxyl groups excluding tert-OH is 1. The third-order valence-electron chi connectivity index (χ3n) is 7.36. The minimum absolute atomic E-state index is 0.0262. The summed E-state index contributed by atoms with van der Waals surface area (Å²) in [7, 11) is 0. The maximum Gasteiger partial charge on any atom is 0.415 e. The van der Waals surface area contributed by atoms with Crippen molar-refractivity contribution in [1.29, 1.82) is 0 Å². The first-order chi connectivity index (χ1) is 17.5. The van der Waals surface area contributed by atoms with Gasteiger partial charge in [-0.2, -0.15) is 0 Å². The number of aromatic amines is 1. The first-order valence-corrected chi connectivity index (χ1v) is 12.4. The Hall–Kier alpha value is -3.09. The summed E-state index contributed by atoms with van der Waals surface area (Å²) < 4.78 is 36.1. The first-order valence-electron chi connectivity index (χ1n) is 12.4. The summed E-state index contributed by atoms with van der Waals surface area (Å²) in [5, 5.41) is 19.2. The van der Waals surface area contributed by atoms with E-state index in [2.05, 4.69) is 30.9 Å². The molecule has 6 rings (SSSR count). The van der Waals surface area contributed by atoms with Crippen LogP contribution in [0.1, 0.15) is 35.8 Å². The van der Waals surface area contributed by atoms with Crippen molar-refractivity contribution in [3.05, 3.63) is 40.6 Å². The Morgan fingerprint density at radius 1 is 1.25 bits per heavy atom. The number of hydrogen-bond acceptors (Lipinski definition) is 8. The number of benzene rings is 1. The monoisotopic (exact) mass is 501 g/mol. The number of aromatic nitrogens is 2. The van der Waals surface area contributed by atoms with Crippen molar-refractivity contribution in [2.24, 2.45) is 10.9 Å². The molecule has 1 amide bonds. The molecule has 10 nitrogen and oxygen atoms in total. The number of cyclic esters (lactones) is 1. The predicted molar refractivity (Wildman–Crippen MR) is 127 cm³/mol. The zero-order chi connectivity index (χ0) is 24.8. The average Bonchev–Trinajstić information content (AvgIpc) is 3.66. The second kappa shape index (κ2) is 9.41. The molecule has 3 aliphatic heterocycles. The molecule has 2 unspecified atom stereocenters. The zero-order valence-corrected chi connectivity index (χ0v) is 19.7. The van der Waals surface area contributed by atoms with E-state index < -0.39 is 23.8 Å². The van der Waals surface area contributed by atoms with Crippen LogP contribution in [0.4, 0.5) is 13.6 Å². The Balaban J connectivity index is 1.04. The van der Waals surface area contributed by atoms with Gasteiger partial charge >= 0.3 is 6.09 Å². The van der Waals surface area contributed by atoms with Gasteiger partial charge in [0.25, 0.3) is 0 Å². The lowest BCUT2D eigenvalue weighted by Crippen LogP contribution is -2.29. The van der Waals surface area contributed by atoms with Crippen LogP contribution in [0.2, 0.25) is 0 Å². The van der Waals surface area contributed by atoms with Crippen molar-refractivity contribution >= 4 is 23.3 Å². The van der Waals surface area contributed by atoms with Crippen LogP contribution >= 0.6 is 0 Å². The highest BCUT2D eigenvalue weighted by atomic mass is 19.1. The number of carbonyl (C=O) groups excluding carboxylic acids is 1. The molecule has 2 saturated heterocycles. The third kappa shape index (κ3) is 4.22. The number of fused-ring (bicyclic) bond motifs is 2. The van der Waals surface area contributed by atoms with Crippen LogP contribution in [0.15, 0.2) is 17.0 Å². The van der Waals surface area contributed by atoms with Gasteiger partial charge in [-0.15, -0.1) is 0 Å². The summed E-state index contributed by atoms with van der Waals surface area (Å²) in [4.78, 5) is 25.2. The molecule has 36 heavy (non-hydrogen) atoms. The fourth-order valence-corrected chi connectivity index (χ4v) is 5.53. The van der Waals surface area contributed by atoms with Gasteiger partial charge in [0.2, 0.25) is 0 Å². The molecule has 4 atom stereocenters. The number of β-amino-alcohol motifs (C(OH)–C–C–N with tert-alkyl or cyclic N) is 1. The second-order valence-corrected chi connectivity index (χ2v) is 9.89. The van der Waals surface area contributed by atoms with Gasteiger partial charge in [0, 0.05) is 25.5 Å². The molecule has 5 N–H and O–H groups in total. The molecular formula is C24H29F2N7O3. The fraction of sp³-hybridized carbons (Fsp3) is 0.542. The molecule has 1 aromatic heterocycles. The molecule has 4 aliphatic rings. The van der Waals surface area contributed by atoms with Crippen molar-refractivity contribution in [2.75, 3.05) is 32.7 Å². The number of nitrogens with zero attached hydrogens (tertiary/aromatic N) is 3. The van der Waals surface area contributed by atoms with Crippen LogP contribution in [0.5, 0.6) is 0 Å². The molecule has 2 aromatic rings. The number of nitrogens with one attached hydrogen (secondary N) is 4. The summed E-state index contributed by atoms with van der Waals surface area (Å²) >= 11 is 0. The van der Waals surface area contributed by atoms with Crippen molar-refractivity contribution in [1.82, 2.24) is 30.8 Å². The minimum atomic E-state index is -0.489. The summed E-state index contributed by atoms with van der Waals surface area (Å²) in [6.45, 7) is 2.73. The fourth-order valence-electron chi connectivity index (χ4n) is 5.53. The van der Waals surface area contributed by atoms with E-state index in [0.29, 0.717) is 81.2 Å². The van der Waals surface area contributed by atoms with Gasteiger partial charge in [-0.1, -0.05) is 0 Å². The van der Waals surface area contributed by atoms with Crippen LogP contribution < -0.4 is 16.0 Å². The van der Waals surface area contributed by atoms with Crippen LogP contribution in [0.3, 0.4) is 0 Å². The maximum atomic E-state index is 15.3. The van der Waals surface area contributed by atoms with Gasteiger partial charge < -0.3 is 30.8 Å². The summed E-state index contributed by atoms with van der Waals surface area (Å²) in [6, 6.07) is -0.243. The van der Waals surface area contributed by atoms with Crippen LogP contribution in [-0.4, -0.2) is 77.2 Å². The third-order valence-corrected chi connectivity index (χ3v) is 7.36. The summed E-state index contributed by atoms with van der Waals surface area (Å²) in [5.74, 6) is 0.169. The topological polar surface area (TPSA) is 127 Å². The molecule has 12 heteroatoms. The SMILES string of the molecule is O=C1OC(CCNCC2Cc3c(c(F)c4[nH]c([C@@H]5C[C@@H](O)CN5)nc4c3F)C2)CN1C1=CNCC=N1. The highest BCUT2D eigenvalue weighted by molar-refractivity contribution is 5.79. The Morgan fingerprint density at radius 3 is 2.83 bits per heavy atom. The van der Waals surface area contributed by atoms with Gasteiger partial charge in [-0.25, -0.2) is 23.6 Å². The molecule has 4 heterocycles. The van der Waals surface area contributed by atoms with Gasteiger partial charge in [0.1, 0.15) is 23.0 Å². The second-order valence-electron chi connectivity index (χ2n) is 9.89. The van der Waals surface area contributed by atoms with E-state index in [-0.39, 0.29) is 29.1 Å². The van der Waals surface area contributed by atoms with E-state index >= 15 is 8.78 Å². The zero-order valence-electron chi connectivity index (χ0n) is 19.7. The smallest absolute Gasteiger partial charge is 0.415 e. The number of rotatable bonds is 7. The van der Waals surface area contributed by atoms with Crippen LogP contribution in [-0.2, 0) is 17.6 Å². The number of H-pyrrole nitrogens is 1. The van der Waals surface area contributed by atoms with Crippen LogP contribution in [0.25, 0.3) is 11.0 Å². The number of amides is 1.